The quantitative estimate of drug-likeness (QED) is 0.892. The molecule has 1 unspecified atom stereocenters. The van der Waals surface area contributed by atoms with Gasteiger partial charge in [0.1, 0.15) is 0 Å². The summed E-state index contributed by atoms with van der Waals surface area (Å²) in [6.45, 7) is 2.02. The predicted octanol–water partition coefficient (Wildman–Crippen LogP) is 3.07. The third-order valence-corrected chi connectivity index (χ3v) is 4.57. The lowest BCUT2D eigenvalue weighted by Crippen LogP contribution is -2.02. The van der Waals surface area contributed by atoms with Crippen LogP contribution in [0.5, 0.6) is 0 Å². The normalized spacial score (nSPS) is 12.0. The molecule has 0 saturated carbocycles. The van der Waals surface area contributed by atoms with Crippen LogP contribution in [0.1, 0.15) is 22.3 Å². The minimum Gasteiger partial charge on any atom is -0.481 e. The molecule has 3 nitrogen and oxygen atoms in total. The van der Waals surface area contributed by atoms with Gasteiger partial charge in [-0.3, -0.25) is 9.00 Å². The molecule has 4 heteroatoms. The molecule has 2 aromatic rings. The number of carbonyl (C=O) groups is 1. The Bertz CT molecular complexity index is 647. The molecule has 0 fully saturated rings. The van der Waals surface area contributed by atoms with Crippen LogP contribution in [-0.2, 0) is 33.5 Å². The van der Waals surface area contributed by atoms with Crippen molar-refractivity contribution >= 4 is 16.8 Å². The van der Waals surface area contributed by atoms with Crippen molar-refractivity contribution in [1.29, 1.82) is 0 Å². The molecular weight excluding hydrogens is 284 g/mol. The van der Waals surface area contributed by atoms with Crippen molar-refractivity contribution in [3.05, 3.63) is 70.8 Å². The minimum absolute atomic E-state index is 0.0204. The predicted molar refractivity (Wildman–Crippen MR) is 84.5 cm³/mol. The molecular formula is C17H18O3S. The molecule has 0 aliphatic carbocycles. The summed E-state index contributed by atoms with van der Waals surface area (Å²) >= 11 is 0. The summed E-state index contributed by atoms with van der Waals surface area (Å²) in [6, 6.07) is 15.2. The number of carboxylic acids is 1. The lowest BCUT2D eigenvalue weighted by molar-refractivity contribution is -0.136. The minimum atomic E-state index is -0.966. The summed E-state index contributed by atoms with van der Waals surface area (Å²) in [7, 11) is -0.966. The van der Waals surface area contributed by atoms with E-state index in [1.165, 1.54) is 0 Å². The van der Waals surface area contributed by atoms with Crippen molar-refractivity contribution < 1.29 is 14.1 Å². The summed E-state index contributed by atoms with van der Waals surface area (Å²) in [5, 5.41) is 8.72. The standard InChI is InChI=1S/C17H18O3S/c1-13-4-2-3-5-16(13)12-21(20)11-15-8-6-14(7-9-15)10-17(18)19/h2-9H,10-12H2,1H3,(H,18,19). The third-order valence-electron chi connectivity index (χ3n) is 3.28. The lowest BCUT2D eigenvalue weighted by atomic mass is 10.1. The van der Waals surface area contributed by atoms with Gasteiger partial charge in [0.15, 0.2) is 0 Å². The Balaban J connectivity index is 1.96. The topological polar surface area (TPSA) is 54.4 Å². The highest BCUT2D eigenvalue weighted by atomic mass is 32.2. The second kappa shape index (κ2) is 7.18. The second-order valence-electron chi connectivity index (χ2n) is 5.04. The average Bonchev–Trinajstić information content (AvgIpc) is 2.43. The van der Waals surface area contributed by atoms with Crippen LogP contribution in [0.4, 0.5) is 0 Å². The molecule has 1 atom stereocenters. The van der Waals surface area contributed by atoms with Crippen LogP contribution < -0.4 is 0 Å². The van der Waals surface area contributed by atoms with E-state index in [1.54, 1.807) is 12.1 Å². The van der Waals surface area contributed by atoms with E-state index in [0.717, 1.165) is 22.3 Å². The number of carboxylic acid groups (broad SMARTS) is 1. The van der Waals surface area contributed by atoms with Gasteiger partial charge in [-0.2, -0.15) is 0 Å². The van der Waals surface area contributed by atoms with Gasteiger partial charge in [-0.15, -0.1) is 0 Å². The van der Waals surface area contributed by atoms with Crippen molar-refractivity contribution in [2.75, 3.05) is 0 Å². The Labute approximate surface area is 127 Å². The highest BCUT2D eigenvalue weighted by Gasteiger charge is 2.06. The molecule has 0 saturated heterocycles. The van der Waals surface area contributed by atoms with Gasteiger partial charge in [-0.25, -0.2) is 0 Å². The van der Waals surface area contributed by atoms with Gasteiger partial charge < -0.3 is 5.11 Å². The largest absolute Gasteiger partial charge is 0.481 e. The summed E-state index contributed by atoms with van der Waals surface area (Å²) in [6.07, 6.45) is 0.0204. The van der Waals surface area contributed by atoms with Gasteiger partial charge in [0.25, 0.3) is 0 Å². The first-order valence-corrected chi connectivity index (χ1v) is 8.22. The van der Waals surface area contributed by atoms with Gasteiger partial charge in [0, 0.05) is 22.3 Å². The summed E-state index contributed by atoms with van der Waals surface area (Å²) in [5.74, 6) is 0.191. The van der Waals surface area contributed by atoms with Crippen molar-refractivity contribution in [3.8, 4) is 0 Å². The monoisotopic (exact) mass is 302 g/mol. The maximum atomic E-state index is 12.2. The fourth-order valence-electron chi connectivity index (χ4n) is 2.11. The molecule has 110 valence electrons. The maximum absolute atomic E-state index is 12.2. The maximum Gasteiger partial charge on any atom is 0.307 e. The van der Waals surface area contributed by atoms with Crippen molar-refractivity contribution in [3.63, 3.8) is 0 Å². The summed E-state index contributed by atoms with van der Waals surface area (Å²) in [4.78, 5) is 10.6. The molecule has 2 aromatic carbocycles. The Morgan fingerprint density at radius 2 is 1.62 bits per heavy atom. The number of aryl methyl sites for hydroxylation is 1. The number of benzene rings is 2. The number of hydrogen-bond acceptors (Lipinski definition) is 2. The first-order chi connectivity index (χ1) is 10.0. The number of hydrogen-bond donors (Lipinski definition) is 1. The molecule has 0 aromatic heterocycles. The average molecular weight is 302 g/mol. The molecule has 0 aliphatic heterocycles. The zero-order valence-electron chi connectivity index (χ0n) is 11.9. The van der Waals surface area contributed by atoms with Crippen LogP contribution in [0, 0.1) is 6.92 Å². The molecule has 0 spiro atoms. The third kappa shape index (κ3) is 4.83. The molecule has 0 heterocycles. The highest BCUT2D eigenvalue weighted by Crippen LogP contribution is 2.13. The van der Waals surface area contributed by atoms with E-state index >= 15 is 0 Å². The van der Waals surface area contributed by atoms with Gasteiger partial charge in [-0.1, -0.05) is 48.5 Å². The van der Waals surface area contributed by atoms with Crippen molar-refractivity contribution in [2.24, 2.45) is 0 Å². The fraction of sp³-hybridized carbons (Fsp3) is 0.235. The highest BCUT2D eigenvalue weighted by molar-refractivity contribution is 7.83. The van der Waals surface area contributed by atoms with Gasteiger partial charge in [0.2, 0.25) is 0 Å². The zero-order valence-corrected chi connectivity index (χ0v) is 12.7. The number of rotatable bonds is 6. The van der Waals surface area contributed by atoms with E-state index in [1.807, 2.05) is 43.3 Å². The Hall–Kier alpha value is -1.94. The van der Waals surface area contributed by atoms with E-state index in [9.17, 15) is 9.00 Å². The van der Waals surface area contributed by atoms with Gasteiger partial charge in [-0.05, 0) is 29.2 Å². The summed E-state index contributed by atoms with van der Waals surface area (Å²) in [5.41, 5.74) is 3.99. The zero-order chi connectivity index (χ0) is 15.2. The molecule has 2 rings (SSSR count). The lowest BCUT2D eigenvalue weighted by Gasteiger charge is -2.06. The molecule has 21 heavy (non-hydrogen) atoms. The summed E-state index contributed by atoms with van der Waals surface area (Å²) < 4.78 is 12.2. The van der Waals surface area contributed by atoms with Crippen LogP contribution in [0.2, 0.25) is 0 Å². The second-order valence-corrected chi connectivity index (χ2v) is 6.50. The number of aliphatic carboxylic acids is 1. The first kappa shape index (κ1) is 15.4. The van der Waals surface area contributed by atoms with E-state index in [2.05, 4.69) is 0 Å². The van der Waals surface area contributed by atoms with Crippen molar-refractivity contribution in [2.45, 2.75) is 24.9 Å². The van der Waals surface area contributed by atoms with Gasteiger partial charge in [0.05, 0.1) is 6.42 Å². The van der Waals surface area contributed by atoms with Crippen LogP contribution in [0.15, 0.2) is 48.5 Å². The van der Waals surface area contributed by atoms with Crippen LogP contribution in [0.25, 0.3) is 0 Å². The van der Waals surface area contributed by atoms with E-state index in [-0.39, 0.29) is 6.42 Å². The molecule has 0 bridgehead atoms. The Kier molecular flexibility index (Phi) is 5.28. The SMILES string of the molecule is Cc1ccccc1CS(=O)Cc1ccc(CC(=O)O)cc1. The van der Waals surface area contributed by atoms with E-state index in [4.69, 9.17) is 5.11 Å². The molecule has 0 amide bonds. The fourth-order valence-corrected chi connectivity index (χ4v) is 3.45. The molecule has 0 radical (unpaired) electrons. The van der Waals surface area contributed by atoms with E-state index in [0.29, 0.717) is 11.5 Å². The first-order valence-electron chi connectivity index (χ1n) is 6.73. The molecule has 0 aliphatic rings. The Morgan fingerprint density at radius 1 is 1.00 bits per heavy atom. The van der Waals surface area contributed by atoms with Crippen molar-refractivity contribution in [1.82, 2.24) is 0 Å². The Morgan fingerprint density at radius 3 is 2.24 bits per heavy atom. The van der Waals surface area contributed by atoms with Crippen LogP contribution in [0.3, 0.4) is 0 Å². The van der Waals surface area contributed by atoms with Crippen LogP contribution >= 0.6 is 0 Å². The van der Waals surface area contributed by atoms with Gasteiger partial charge >= 0.3 is 5.97 Å². The smallest absolute Gasteiger partial charge is 0.307 e. The molecule has 1 N–H and O–H groups in total. The van der Waals surface area contributed by atoms with E-state index < -0.39 is 16.8 Å². The van der Waals surface area contributed by atoms with Crippen LogP contribution in [-0.4, -0.2) is 15.3 Å².